The zero-order valence-electron chi connectivity index (χ0n) is 15.4. The monoisotopic (exact) mass is 427 g/mol. The standard InChI is InChI=1S/C18H22FN3O4S2/c1-14-11-16(19)4-5-18(14)27(23,24)21-12-15-6-9-22(10-7-15)28(25,26)17-3-2-8-20-13-17/h2-5,8,11,13,15,21H,6-7,9-10,12H2,1H3. The lowest BCUT2D eigenvalue weighted by Crippen LogP contribution is -2.41. The molecule has 28 heavy (non-hydrogen) atoms. The quantitative estimate of drug-likeness (QED) is 0.760. The summed E-state index contributed by atoms with van der Waals surface area (Å²) >= 11 is 0. The Morgan fingerprint density at radius 1 is 1.18 bits per heavy atom. The Kier molecular flexibility index (Phi) is 6.13. The Balaban J connectivity index is 1.59. The van der Waals surface area contributed by atoms with Crippen LogP contribution in [0.2, 0.25) is 0 Å². The van der Waals surface area contributed by atoms with Gasteiger partial charge in [0.2, 0.25) is 20.0 Å². The van der Waals surface area contributed by atoms with Crippen molar-refractivity contribution in [3.8, 4) is 0 Å². The third-order valence-electron chi connectivity index (χ3n) is 4.83. The lowest BCUT2D eigenvalue weighted by molar-refractivity contribution is 0.274. The Hall–Kier alpha value is -1.88. The molecule has 3 rings (SSSR count). The fourth-order valence-electron chi connectivity index (χ4n) is 3.22. The molecule has 0 spiro atoms. The molecule has 1 fully saturated rings. The van der Waals surface area contributed by atoms with Crippen molar-refractivity contribution in [1.82, 2.24) is 14.0 Å². The van der Waals surface area contributed by atoms with E-state index in [1.54, 1.807) is 13.0 Å². The molecule has 0 bridgehead atoms. The number of benzene rings is 1. The van der Waals surface area contributed by atoms with E-state index < -0.39 is 25.9 Å². The molecular formula is C18H22FN3O4S2. The van der Waals surface area contributed by atoms with Crippen molar-refractivity contribution in [3.63, 3.8) is 0 Å². The van der Waals surface area contributed by atoms with Gasteiger partial charge < -0.3 is 0 Å². The number of nitrogens with zero attached hydrogens (tertiary/aromatic N) is 2. The van der Waals surface area contributed by atoms with E-state index >= 15 is 0 Å². The Bertz CT molecular complexity index is 1040. The molecular weight excluding hydrogens is 405 g/mol. The van der Waals surface area contributed by atoms with Gasteiger partial charge >= 0.3 is 0 Å². The minimum Gasteiger partial charge on any atom is -0.263 e. The van der Waals surface area contributed by atoms with Gasteiger partial charge in [0.05, 0.1) is 4.90 Å². The Morgan fingerprint density at radius 2 is 1.89 bits per heavy atom. The van der Waals surface area contributed by atoms with E-state index in [4.69, 9.17) is 0 Å². The Labute approximate surface area is 164 Å². The van der Waals surface area contributed by atoms with Crippen molar-refractivity contribution in [2.24, 2.45) is 5.92 Å². The van der Waals surface area contributed by atoms with Gasteiger partial charge in [0.25, 0.3) is 0 Å². The number of nitrogens with one attached hydrogen (secondary N) is 1. The molecule has 0 radical (unpaired) electrons. The summed E-state index contributed by atoms with van der Waals surface area (Å²) in [7, 11) is -7.33. The summed E-state index contributed by atoms with van der Waals surface area (Å²) < 4.78 is 67.3. The van der Waals surface area contributed by atoms with Gasteiger partial charge in [-0.1, -0.05) is 0 Å². The highest BCUT2D eigenvalue weighted by atomic mass is 32.2. The Morgan fingerprint density at radius 3 is 2.50 bits per heavy atom. The van der Waals surface area contributed by atoms with Crippen LogP contribution in [0.3, 0.4) is 0 Å². The molecule has 2 aromatic rings. The fourth-order valence-corrected chi connectivity index (χ4v) is 6.00. The number of hydrogen-bond donors (Lipinski definition) is 1. The van der Waals surface area contributed by atoms with E-state index in [2.05, 4.69) is 9.71 Å². The van der Waals surface area contributed by atoms with Gasteiger partial charge in [0.1, 0.15) is 10.7 Å². The first-order chi connectivity index (χ1) is 13.2. The van der Waals surface area contributed by atoms with Gasteiger partial charge in [-0.3, -0.25) is 4.98 Å². The number of pyridine rings is 1. The summed E-state index contributed by atoms with van der Waals surface area (Å²) in [6.07, 6.45) is 3.93. The highest BCUT2D eigenvalue weighted by Gasteiger charge is 2.30. The molecule has 0 atom stereocenters. The first-order valence-corrected chi connectivity index (χ1v) is 11.8. The van der Waals surface area contributed by atoms with Crippen LogP contribution in [0.1, 0.15) is 18.4 Å². The van der Waals surface area contributed by atoms with Crippen molar-refractivity contribution < 1.29 is 21.2 Å². The average molecular weight is 428 g/mol. The maximum atomic E-state index is 13.2. The number of hydrogen-bond acceptors (Lipinski definition) is 5. The van der Waals surface area contributed by atoms with Crippen LogP contribution in [0.15, 0.2) is 52.5 Å². The summed E-state index contributed by atoms with van der Waals surface area (Å²) in [4.78, 5) is 4.05. The van der Waals surface area contributed by atoms with Crippen LogP contribution in [-0.2, 0) is 20.0 Å². The van der Waals surface area contributed by atoms with Crippen LogP contribution >= 0.6 is 0 Å². The lowest BCUT2D eigenvalue weighted by Gasteiger charge is -2.31. The third-order valence-corrected chi connectivity index (χ3v) is 8.30. The molecule has 7 nitrogen and oxygen atoms in total. The second kappa shape index (κ2) is 8.24. The van der Waals surface area contributed by atoms with E-state index in [0.717, 1.165) is 6.07 Å². The number of piperidine rings is 1. The van der Waals surface area contributed by atoms with Crippen LogP contribution in [0.4, 0.5) is 4.39 Å². The lowest BCUT2D eigenvalue weighted by atomic mass is 9.99. The van der Waals surface area contributed by atoms with Crippen LogP contribution in [0, 0.1) is 18.7 Å². The maximum Gasteiger partial charge on any atom is 0.244 e. The number of rotatable bonds is 6. The first-order valence-electron chi connectivity index (χ1n) is 8.86. The molecule has 1 aromatic heterocycles. The van der Waals surface area contributed by atoms with Crippen LogP contribution in [0.25, 0.3) is 0 Å². The van der Waals surface area contributed by atoms with Crippen molar-refractivity contribution in [2.45, 2.75) is 29.6 Å². The molecule has 1 N–H and O–H groups in total. The van der Waals surface area contributed by atoms with E-state index in [1.165, 1.54) is 34.9 Å². The SMILES string of the molecule is Cc1cc(F)ccc1S(=O)(=O)NCC1CCN(S(=O)(=O)c2cccnc2)CC1. The second-order valence-corrected chi connectivity index (χ2v) is 10.5. The summed E-state index contributed by atoms with van der Waals surface area (Å²) in [5, 5.41) is 0. The largest absolute Gasteiger partial charge is 0.263 e. The number of halogens is 1. The molecule has 1 aliphatic rings. The number of sulfonamides is 2. The van der Waals surface area contributed by atoms with Crippen molar-refractivity contribution >= 4 is 20.0 Å². The molecule has 0 amide bonds. The zero-order chi connectivity index (χ0) is 20.4. The van der Waals surface area contributed by atoms with Gasteiger partial charge in [-0.15, -0.1) is 0 Å². The van der Waals surface area contributed by atoms with Gasteiger partial charge in [-0.25, -0.2) is 25.9 Å². The predicted octanol–water partition coefficient (Wildman–Crippen LogP) is 1.91. The maximum absolute atomic E-state index is 13.2. The molecule has 0 aliphatic carbocycles. The molecule has 1 saturated heterocycles. The average Bonchev–Trinajstić information content (AvgIpc) is 2.67. The molecule has 2 heterocycles. The molecule has 152 valence electrons. The second-order valence-electron chi connectivity index (χ2n) is 6.80. The van der Waals surface area contributed by atoms with Crippen molar-refractivity contribution in [3.05, 3.63) is 54.1 Å². The first kappa shape index (κ1) is 20.8. The third kappa shape index (κ3) is 4.57. The number of aromatic nitrogens is 1. The molecule has 1 aromatic carbocycles. The van der Waals surface area contributed by atoms with E-state index in [-0.39, 0.29) is 22.3 Å². The molecule has 10 heteroatoms. The van der Waals surface area contributed by atoms with Crippen molar-refractivity contribution in [1.29, 1.82) is 0 Å². The van der Waals surface area contributed by atoms with E-state index in [1.807, 2.05) is 0 Å². The minimum atomic E-state index is -3.75. The topological polar surface area (TPSA) is 96.4 Å². The summed E-state index contributed by atoms with van der Waals surface area (Å²) in [6.45, 7) is 2.39. The molecule has 0 saturated carbocycles. The van der Waals surface area contributed by atoms with Crippen molar-refractivity contribution in [2.75, 3.05) is 19.6 Å². The summed E-state index contributed by atoms with van der Waals surface area (Å²) in [5.74, 6) is -0.463. The summed E-state index contributed by atoms with van der Waals surface area (Å²) in [5.41, 5.74) is 0.338. The minimum absolute atomic E-state index is 0.0240. The smallest absolute Gasteiger partial charge is 0.244 e. The highest BCUT2D eigenvalue weighted by molar-refractivity contribution is 7.89. The zero-order valence-corrected chi connectivity index (χ0v) is 17.0. The van der Waals surface area contributed by atoms with Gasteiger partial charge in [-0.2, -0.15) is 4.31 Å². The molecule has 1 aliphatic heterocycles. The normalized spacial score (nSPS) is 16.9. The van der Waals surface area contributed by atoms with Crippen LogP contribution < -0.4 is 4.72 Å². The van der Waals surface area contributed by atoms with E-state index in [0.29, 0.717) is 31.5 Å². The van der Waals surface area contributed by atoms with Crippen LogP contribution in [-0.4, -0.2) is 45.8 Å². The van der Waals surface area contributed by atoms with Gasteiger partial charge in [-0.05, 0) is 61.6 Å². The number of aryl methyl sites for hydroxylation is 1. The fraction of sp³-hybridized carbons (Fsp3) is 0.389. The van der Waals surface area contributed by atoms with Crippen LogP contribution in [0.5, 0.6) is 0 Å². The van der Waals surface area contributed by atoms with Gasteiger partial charge in [0.15, 0.2) is 0 Å². The predicted molar refractivity (Wildman–Crippen MR) is 102 cm³/mol. The summed E-state index contributed by atoms with van der Waals surface area (Å²) in [6, 6.07) is 6.62. The van der Waals surface area contributed by atoms with E-state index in [9.17, 15) is 21.2 Å². The molecule has 0 unspecified atom stereocenters. The highest BCUT2D eigenvalue weighted by Crippen LogP contribution is 2.24. The van der Waals surface area contributed by atoms with Gasteiger partial charge in [0, 0.05) is 32.0 Å².